The molecule has 0 aliphatic carbocycles. The predicted octanol–water partition coefficient (Wildman–Crippen LogP) is 2.48. The van der Waals surface area contributed by atoms with Crippen LogP contribution in [-0.2, 0) is 11.2 Å². The number of rotatable bonds is 7. The first-order chi connectivity index (χ1) is 8.65. The Morgan fingerprint density at radius 1 is 1.50 bits per heavy atom. The highest BCUT2D eigenvalue weighted by atomic mass is 79.9. The van der Waals surface area contributed by atoms with E-state index in [1.807, 2.05) is 12.1 Å². The number of hydrogen-bond acceptors (Lipinski definition) is 2. The zero-order valence-electron chi connectivity index (χ0n) is 10.8. The number of nitrogens with two attached hydrogens (primary N) is 1. The number of hydrogen-bond donors (Lipinski definition) is 2. The summed E-state index contributed by atoms with van der Waals surface area (Å²) < 4.78 is 1.10. The standard InChI is InChI=1S/C14H21BrN2O/c1-2-11(10-17-14(18)6-7-16)8-12-4-3-5-13(15)9-12/h3-5,9,11H,2,6-8,10,16H2,1H3,(H,17,18). The molecule has 3 N–H and O–H groups in total. The summed E-state index contributed by atoms with van der Waals surface area (Å²) in [7, 11) is 0. The lowest BCUT2D eigenvalue weighted by molar-refractivity contribution is -0.121. The average Bonchev–Trinajstić information content (AvgIpc) is 2.35. The van der Waals surface area contributed by atoms with E-state index in [0.29, 0.717) is 18.9 Å². The summed E-state index contributed by atoms with van der Waals surface area (Å²) in [5.74, 6) is 0.520. The van der Waals surface area contributed by atoms with Gasteiger partial charge in [0.05, 0.1) is 0 Å². The predicted molar refractivity (Wildman–Crippen MR) is 78.3 cm³/mol. The summed E-state index contributed by atoms with van der Waals surface area (Å²) in [5, 5.41) is 2.94. The first-order valence-electron chi connectivity index (χ1n) is 6.37. The van der Waals surface area contributed by atoms with Gasteiger partial charge in [-0.3, -0.25) is 4.79 Å². The molecule has 0 bridgehead atoms. The van der Waals surface area contributed by atoms with E-state index in [1.165, 1.54) is 5.56 Å². The second-order valence-electron chi connectivity index (χ2n) is 4.45. The average molecular weight is 313 g/mol. The lowest BCUT2D eigenvalue weighted by Crippen LogP contribution is -2.31. The Morgan fingerprint density at radius 2 is 2.28 bits per heavy atom. The molecule has 0 saturated heterocycles. The molecule has 1 rings (SSSR count). The van der Waals surface area contributed by atoms with Crippen LogP contribution < -0.4 is 11.1 Å². The van der Waals surface area contributed by atoms with Crippen molar-refractivity contribution in [1.82, 2.24) is 5.32 Å². The molecule has 0 saturated carbocycles. The van der Waals surface area contributed by atoms with Gasteiger partial charge >= 0.3 is 0 Å². The fraction of sp³-hybridized carbons (Fsp3) is 0.500. The third kappa shape index (κ3) is 5.65. The van der Waals surface area contributed by atoms with Crippen molar-refractivity contribution in [3.63, 3.8) is 0 Å². The summed E-state index contributed by atoms with van der Waals surface area (Å²) in [5.41, 5.74) is 6.64. The molecule has 0 aliphatic rings. The molecule has 18 heavy (non-hydrogen) atoms. The number of carbonyl (C=O) groups is 1. The van der Waals surface area contributed by atoms with Crippen molar-refractivity contribution >= 4 is 21.8 Å². The Balaban J connectivity index is 2.44. The Labute approximate surface area is 117 Å². The van der Waals surface area contributed by atoms with Crippen molar-refractivity contribution in [1.29, 1.82) is 0 Å². The second kappa shape index (κ2) is 8.27. The van der Waals surface area contributed by atoms with Crippen LogP contribution in [0.3, 0.4) is 0 Å². The van der Waals surface area contributed by atoms with E-state index in [0.717, 1.165) is 23.9 Å². The Bertz CT molecular complexity index is 382. The second-order valence-corrected chi connectivity index (χ2v) is 5.37. The Morgan fingerprint density at radius 3 is 2.89 bits per heavy atom. The molecule has 1 atom stereocenters. The summed E-state index contributed by atoms with van der Waals surface area (Å²) >= 11 is 3.47. The van der Waals surface area contributed by atoms with Crippen molar-refractivity contribution in [3.8, 4) is 0 Å². The largest absolute Gasteiger partial charge is 0.356 e. The van der Waals surface area contributed by atoms with Gasteiger partial charge in [0, 0.05) is 24.0 Å². The lowest BCUT2D eigenvalue weighted by Gasteiger charge is -2.16. The van der Waals surface area contributed by atoms with Gasteiger partial charge in [0.15, 0.2) is 0 Å². The molecule has 100 valence electrons. The van der Waals surface area contributed by atoms with Gasteiger partial charge in [-0.05, 0) is 30.0 Å². The van der Waals surface area contributed by atoms with Gasteiger partial charge in [-0.1, -0.05) is 41.4 Å². The molecule has 4 heteroatoms. The molecule has 3 nitrogen and oxygen atoms in total. The normalized spacial score (nSPS) is 12.2. The molecular weight excluding hydrogens is 292 g/mol. The minimum atomic E-state index is 0.0465. The molecule has 1 aromatic carbocycles. The first-order valence-corrected chi connectivity index (χ1v) is 7.16. The lowest BCUT2D eigenvalue weighted by atomic mass is 9.97. The summed E-state index contributed by atoms with van der Waals surface area (Å²) in [6.45, 7) is 3.29. The highest BCUT2D eigenvalue weighted by molar-refractivity contribution is 9.10. The minimum absolute atomic E-state index is 0.0465. The van der Waals surface area contributed by atoms with Crippen LogP contribution in [0.25, 0.3) is 0 Å². The maximum Gasteiger partial charge on any atom is 0.221 e. The maximum absolute atomic E-state index is 11.4. The van der Waals surface area contributed by atoms with Crippen molar-refractivity contribution in [2.24, 2.45) is 11.7 Å². The number of amides is 1. The highest BCUT2D eigenvalue weighted by Crippen LogP contribution is 2.16. The first kappa shape index (κ1) is 15.2. The van der Waals surface area contributed by atoms with Crippen LogP contribution in [0.2, 0.25) is 0 Å². The van der Waals surface area contributed by atoms with E-state index >= 15 is 0 Å². The van der Waals surface area contributed by atoms with E-state index in [-0.39, 0.29) is 5.91 Å². The van der Waals surface area contributed by atoms with E-state index < -0.39 is 0 Å². The van der Waals surface area contributed by atoms with Gasteiger partial charge in [-0.15, -0.1) is 0 Å². The summed E-state index contributed by atoms with van der Waals surface area (Å²) in [6.07, 6.45) is 2.45. The zero-order chi connectivity index (χ0) is 13.4. The molecule has 0 fully saturated rings. The van der Waals surface area contributed by atoms with Gasteiger partial charge in [0.1, 0.15) is 0 Å². The van der Waals surface area contributed by atoms with Crippen LogP contribution in [0.15, 0.2) is 28.7 Å². The minimum Gasteiger partial charge on any atom is -0.356 e. The number of carbonyl (C=O) groups excluding carboxylic acids is 1. The van der Waals surface area contributed by atoms with Crippen LogP contribution in [0, 0.1) is 5.92 Å². The maximum atomic E-state index is 11.4. The molecule has 0 heterocycles. The van der Waals surface area contributed by atoms with Crippen molar-refractivity contribution in [2.45, 2.75) is 26.2 Å². The molecule has 0 aromatic heterocycles. The Kier molecular flexibility index (Phi) is 6.98. The number of benzene rings is 1. The Hall–Kier alpha value is -0.870. The fourth-order valence-electron chi connectivity index (χ4n) is 1.84. The van der Waals surface area contributed by atoms with Crippen molar-refractivity contribution in [2.75, 3.05) is 13.1 Å². The van der Waals surface area contributed by atoms with Gasteiger partial charge in [0.2, 0.25) is 5.91 Å². The van der Waals surface area contributed by atoms with Crippen LogP contribution >= 0.6 is 15.9 Å². The summed E-state index contributed by atoms with van der Waals surface area (Å²) in [6, 6.07) is 8.31. The van der Waals surface area contributed by atoms with Gasteiger partial charge < -0.3 is 11.1 Å². The molecular formula is C14H21BrN2O. The van der Waals surface area contributed by atoms with Crippen LogP contribution in [0.1, 0.15) is 25.3 Å². The molecule has 0 radical (unpaired) electrons. The van der Waals surface area contributed by atoms with E-state index in [4.69, 9.17) is 5.73 Å². The topological polar surface area (TPSA) is 55.1 Å². The fourth-order valence-corrected chi connectivity index (χ4v) is 2.28. The van der Waals surface area contributed by atoms with Gasteiger partial charge in [-0.2, -0.15) is 0 Å². The molecule has 0 aliphatic heterocycles. The molecule has 0 spiro atoms. The smallest absolute Gasteiger partial charge is 0.221 e. The van der Waals surface area contributed by atoms with Crippen molar-refractivity contribution in [3.05, 3.63) is 34.3 Å². The zero-order valence-corrected chi connectivity index (χ0v) is 12.4. The van der Waals surface area contributed by atoms with Crippen LogP contribution in [0.5, 0.6) is 0 Å². The molecule has 1 aromatic rings. The monoisotopic (exact) mass is 312 g/mol. The third-order valence-electron chi connectivity index (χ3n) is 2.95. The van der Waals surface area contributed by atoms with Gasteiger partial charge in [-0.25, -0.2) is 0 Å². The highest BCUT2D eigenvalue weighted by Gasteiger charge is 2.09. The SMILES string of the molecule is CCC(CNC(=O)CCN)Cc1cccc(Br)c1. The molecule has 1 amide bonds. The quantitative estimate of drug-likeness (QED) is 0.812. The van der Waals surface area contributed by atoms with E-state index in [2.05, 4.69) is 40.3 Å². The van der Waals surface area contributed by atoms with Crippen molar-refractivity contribution < 1.29 is 4.79 Å². The van der Waals surface area contributed by atoms with Crippen LogP contribution in [0.4, 0.5) is 0 Å². The number of halogens is 1. The van der Waals surface area contributed by atoms with E-state index in [1.54, 1.807) is 0 Å². The summed E-state index contributed by atoms with van der Waals surface area (Å²) in [4.78, 5) is 11.4. The molecule has 1 unspecified atom stereocenters. The van der Waals surface area contributed by atoms with E-state index in [9.17, 15) is 4.79 Å². The van der Waals surface area contributed by atoms with Crippen LogP contribution in [-0.4, -0.2) is 19.0 Å². The number of nitrogens with one attached hydrogen (secondary N) is 1. The van der Waals surface area contributed by atoms with Gasteiger partial charge in [0.25, 0.3) is 0 Å². The third-order valence-corrected chi connectivity index (χ3v) is 3.44.